The van der Waals surface area contributed by atoms with Gasteiger partial charge in [0, 0.05) is 12.0 Å². The van der Waals surface area contributed by atoms with E-state index in [1.165, 1.54) is 31.5 Å². The second-order valence-corrected chi connectivity index (χ2v) is 5.99. The number of nitrogens with zero attached hydrogens (tertiary/aromatic N) is 1. The zero-order chi connectivity index (χ0) is 13.9. The Balaban J connectivity index is 2.08. The number of quaternary nitrogens is 1. The summed E-state index contributed by atoms with van der Waals surface area (Å²) in [5.41, 5.74) is 4.67. The Morgan fingerprint density at radius 1 is 1.21 bits per heavy atom. The zero-order valence-corrected chi connectivity index (χ0v) is 12.7. The van der Waals surface area contributed by atoms with Gasteiger partial charge >= 0.3 is 0 Å². The summed E-state index contributed by atoms with van der Waals surface area (Å²) in [6, 6.07) is 8.50. The second-order valence-electron chi connectivity index (χ2n) is 5.99. The lowest BCUT2D eigenvalue weighted by Gasteiger charge is -2.39. The van der Waals surface area contributed by atoms with Crippen molar-refractivity contribution in [3.8, 4) is 5.75 Å². The van der Waals surface area contributed by atoms with Gasteiger partial charge < -0.3 is 9.22 Å². The first-order valence-corrected chi connectivity index (χ1v) is 7.20. The molecule has 2 rings (SSSR count). The normalized spacial score (nSPS) is 23.6. The van der Waals surface area contributed by atoms with Crippen LogP contribution in [0.25, 0.3) is 0 Å². The van der Waals surface area contributed by atoms with E-state index in [0.29, 0.717) is 0 Å². The van der Waals surface area contributed by atoms with Crippen LogP contribution in [0, 0.1) is 0 Å². The molecule has 1 aliphatic heterocycles. The minimum Gasteiger partial charge on any atom is -0.497 e. The lowest BCUT2D eigenvalue weighted by molar-refractivity contribution is -0.919. The highest BCUT2D eigenvalue weighted by atomic mass is 16.5. The smallest absolute Gasteiger partial charge is 0.118 e. The van der Waals surface area contributed by atoms with E-state index in [-0.39, 0.29) is 0 Å². The van der Waals surface area contributed by atoms with Crippen LogP contribution in [-0.2, 0) is 6.54 Å². The van der Waals surface area contributed by atoms with Crippen molar-refractivity contribution in [3.05, 3.63) is 41.0 Å². The maximum Gasteiger partial charge on any atom is 0.118 e. The third-order valence-electron chi connectivity index (χ3n) is 4.33. The maximum absolute atomic E-state index is 5.22. The van der Waals surface area contributed by atoms with Crippen LogP contribution in [0.4, 0.5) is 0 Å². The molecule has 0 fully saturated rings. The number of likely N-dealkylation sites (N-methyl/N-ethyl adjacent to an activating group) is 1. The number of hydrogen-bond donors (Lipinski definition) is 0. The van der Waals surface area contributed by atoms with Crippen molar-refractivity contribution in [1.29, 1.82) is 0 Å². The Morgan fingerprint density at radius 2 is 1.89 bits per heavy atom. The minimum absolute atomic E-state index is 0.939. The molecule has 0 bridgehead atoms. The Hall–Kier alpha value is -1.28. The Labute approximate surface area is 117 Å². The van der Waals surface area contributed by atoms with Crippen LogP contribution >= 0.6 is 0 Å². The van der Waals surface area contributed by atoms with Crippen molar-refractivity contribution < 1.29 is 9.22 Å². The third kappa shape index (κ3) is 3.38. The van der Waals surface area contributed by atoms with E-state index in [1.807, 2.05) is 0 Å². The zero-order valence-electron chi connectivity index (χ0n) is 12.7. The van der Waals surface area contributed by atoms with Crippen LogP contribution in [0.1, 0.15) is 32.3 Å². The molecule has 1 atom stereocenters. The summed E-state index contributed by atoms with van der Waals surface area (Å²) in [4.78, 5) is 0. The number of hydrogen-bond acceptors (Lipinski definition) is 1. The Morgan fingerprint density at radius 3 is 2.42 bits per heavy atom. The number of ether oxygens (including phenoxy) is 1. The lowest BCUT2D eigenvalue weighted by atomic mass is 9.97. The quantitative estimate of drug-likeness (QED) is 0.591. The summed E-state index contributed by atoms with van der Waals surface area (Å²) >= 11 is 0. The highest BCUT2D eigenvalue weighted by Gasteiger charge is 2.27. The molecule has 19 heavy (non-hydrogen) atoms. The summed E-state index contributed by atoms with van der Waals surface area (Å²) in [5.74, 6) is 0.939. The first-order valence-electron chi connectivity index (χ1n) is 7.20. The fourth-order valence-corrected chi connectivity index (χ4v) is 3.17. The summed E-state index contributed by atoms with van der Waals surface area (Å²) in [5, 5.41) is 0. The molecule has 0 radical (unpaired) electrons. The molecular weight excluding hydrogens is 234 g/mol. The van der Waals surface area contributed by atoms with E-state index < -0.39 is 0 Å². The van der Waals surface area contributed by atoms with Crippen molar-refractivity contribution in [3.63, 3.8) is 0 Å². The van der Waals surface area contributed by atoms with Crippen LogP contribution < -0.4 is 4.74 Å². The molecule has 0 saturated carbocycles. The fraction of sp³-hybridized carbons (Fsp3) is 0.529. The van der Waals surface area contributed by atoms with Crippen LogP contribution in [0.5, 0.6) is 5.75 Å². The highest BCUT2D eigenvalue weighted by molar-refractivity contribution is 5.26. The van der Waals surface area contributed by atoms with Crippen molar-refractivity contribution >= 4 is 0 Å². The monoisotopic (exact) mass is 260 g/mol. The van der Waals surface area contributed by atoms with Gasteiger partial charge in [0.1, 0.15) is 18.8 Å². The van der Waals surface area contributed by atoms with Gasteiger partial charge in [-0.3, -0.25) is 0 Å². The fourth-order valence-electron chi connectivity index (χ4n) is 3.17. The van der Waals surface area contributed by atoms with Gasteiger partial charge in [-0.1, -0.05) is 12.5 Å². The topological polar surface area (TPSA) is 9.23 Å². The number of benzene rings is 1. The largest absolute Gasteiger partial charge is 0.497 e. The van der Waals surface area contributed by atoms with Gasteiger partial charge in [0.2, 0.25) is 0 Å². The molecule has 1 unspecified atom stereocenters. The van der Waals surface area contributed by atoms with Crippen LogP contribution in [0.3, 0.4) is 0 Å². The molecule has 104 valence electrons. The highest BCUT2D eigenvalue weighted by Crippen LogP contribution is 2.27. The Bertz CT molecular complexity index is 461. The van der Waals surface area contributed by atoms with Gasteiger partial charge in [0.25, 0.3) is 0 Å². The van der Waals surface area contributed by atoms with Gasteiger partial charge in [-0.05, 0) is 43.2 Å². The van der Waals surface area contributed by atoms with Crippen LogP contribution in [0.15, 0.2) is 35.4 Å². The van der Waals surface area contributed by atoms with Crippen LogP contribution in [0.2, 0.25) is 0 Å². The molecule has 0 amide bonds. The molecule has 2 heteroatoms. The van der Waals surface area contributed by atoms with E-state index in [1.54, 1.807) is 18.3 Å². The van der Waals surface area contributed by atoms with Crippen molar-refractivity contribution in [2.24, 2.45) is 0 Å². The predicted molar refractivity (Wildman–Crippen MR) is 80.2 cm³/mol. The van der Waals surface area contributed by atoms with E-state index in [2.05, 4.69) is 45.2 Å². The van der Waals surface area contributed by atoms with Crippen molar-refractivity contribution in [1.82, 2.24) is 0 Å². The summed E-state index contributed by atoms with van der Waals surface area (Å²) in [6.45, 7) is 8.14. The SMILES string of the molecule is CCC1=C(C)C[N+](C)(Cc2ccc(OC)cc2)CC1. The molecular formula is C17H26NO+. The average Bonchev–Trinajstić information content (AvgIpc) is 2.39. The van der Waals surface area contributed by atoms with Gasteiger partial charge in [-0.2, -0.15) is 0 Å². The van der Waals surface area contributed by atoms with Gasteiger partial charge in [-0.25, -0.2) is 0 Å². The molecule has 0 spiro atoms. The van der Waals surface area contributed by atoms with E-state index in [0.717, 1.165) is 16.8 Å². The van der Waals surface area contributed by atoms with Crippen LogP contribution in [-0.4, -0.2) is 31.7 Å². The van der Waals surface area contributed by atoms with Gasteiger partial charge in [0.05, 0.1) is 20.7 Å². The van der Waals surface area contributed by atoms with Crippen molar-refractivity contribution in [2.45, 2.75) is 33.2 Å². The van der Waals surface area contributed by atoms with Gasteiger partial charge in [-0.15, -0.1) is 0 Å². The summed E-state index contributed by atoms with van der Waals surface area (Å²) in [6.07, 6.45) is 2.48. The molecule has 1 aromatic rings. The minimum atomic E-state index is 0.939. The van der Waals surface area contributed by atoms with Crippen molar-refractivity contribution in [2.75, 3.05) is 27.2 Å². The molecule has 0 N–H and O–H groups in total. The summed E-state index contributed by atoms with van der Waals surface area (Å²) in [7, 11) is 4.09. The van der Waals surface area contributed by atoms with E-state index in [4.69, 9.17) is 4.74 Å². The average molecular weight is 260 g/mol. The molecule has 0 aromatic heterocycles. The molecule has 1 aliphatic rings. The lowest BCUT2D eigenvalue weighted by Crippen LogP contribution is -2.47. The Kier molecular flexibility index (Phi) is 4.31. The first kappa shape index (κ1) is 14.1. The van der Waals surface area contributed by atoms with Gasteiger partial charge in [0.15, 0.2) is 0 Å². The molecule has 0 saturated heterocycles. The molecule has 1 heterocycles. The molecule has 1 aromatic carbocycles. The van der Waals surface area contributed by atoms with E-state index >= 15 is 0 Å². The second kappa shape index (κ2) is 5.79. The predicted octanol–water partition coefficient (Wildman–Crippen LogP) is 3.77. The molecule has 0 aliphatic carbocycles. The summed E-state index contributed by atoms with van der Waals surface area (Å²) < 4.78 is 6.34. The number of rotatable bonds is 4. The third-order valence-corrected chi connectivity index (χ3v) is 4.33. The van der Waals surface area contributed by atoms with E-state index in [9.17, 15) is 0 Å². The first-order chi connectivity index (χ1) is 9.06. The maximum atomic E-state index is 5.22. The standard InChI is InChI=1S/C17H26NO/c1-5-16-10-11-18(3,12-14(16)2)13-15-6-8-17(19-4)9-7-15/h6-9H,5,10-13H2,1-4H3/q+1. The molecule has 2 nitrogen and oxygen atoms in total. The number of methoxy groups -OCH3 is 1.